The molecule has 0 atom stereocenters. The van der Waals surface area contributed by atoms with Gasteiger partial charge in [0.25, 0.3) is 0 Å². The minimum atomic E-state index is -0.123. The zero-order valence-electron chi connectivity index (χ0n) is 10.3. The highest BCUT2D eigenvalue weighted by molar-refractivity contribution is 9.10. The van der Waals surface area contributed by atoms with Crippen LogP contribution in [0.3, 0.4) is 0 Å². The molecule has 2 rings (SSSR count). The Hall–Kier alpha value is -0.680. The van der Waals surface area contributed by atoms with Gasteiger partial charge in [-0.15, -0.1) is 0 Å². The molecule has 1 aromatic heterocycles. The first kappa shape index (κ1) is 12.8. The lowest BCUT2D eigenvalue weighted by Gasteiger charge is -2.24. The molecular formula is C12H18BrN3O. The summed E-state index contributed by atoms with van der Waals surface area (Å²) in [6.45, 7) is 6.73. The first-order chi connectivity index (χ1) is 8.09. The maximum Gasteiger partial charge on any atom is 0.348 e. The maximum atomic E-state index is 11.9. The average molecular weight is 300 g/mol. The van der Waals surface area contributed by atoms with E-state index in [1.165, 1.54) is 0 Å². The summed E-state index contributed by atoms with van der Waals surface area (Å²) < 4.78 is 2.75. The Balaban J connectivity index is 2.26. The van der Waals surface area contributed by atoms with Crippen molar-refractivity contribution in [3.8, 4) is 0 Å². The maximum absolute atomic E-state index is 11.9. The number of aryl methyl sites for hydroxylation is 1. The Bertz CT molecular complexity index is 464. The van der Waals surface area contributed by atoms with Crippen LogP contribution in [0.4, 0.5) is 0 Å². The minimum absolute atomic E-state index is 0.123. The van der Waals surface area contributed by atoms with Crippen molar-refractivity contribution in [3.05, 3.63) is 26.3 Å². The van der Waals surface area contributed by atoms with E-state index in [0.29, 0.717) is 5.92 Å². The first-order valence-electron chi connectivity index (χ1n) is 6.04. The molecule has 1 saturated heterocycles. The van der Waals surface area contributed by atoms with Crippen LogP contribution in [0.25, 0.3) is 0 Å². The second-order valence-corrected chi connectivity index (χ2v) is 5.48. The van der Waals surface area contributed by atoms with Crippen molar-refractivity contribution in [2.24, 2.45) is 5.92 Å². The third-order valence-corrected chi connectivity index (χ3v) is 4.58. The van der Waals surface area contributed by atoms with Gasteiger partial charge in [0.15, 0.2) is 0 Å². The van der Waals surface area contributed by atoms with Gasteiger partial charge in [0.1, 0.15) is 0 Å². The van der Waals surface area contributed by atoms with Crippen molar-refractivity contribution < 1.29 is 0 Å². The number of hydrogen-bond donors (Lipinski definition) is 1. The Morgan fingerprint density at radius 1 is 1.41 bits per heavy atom. The molecule has 1 aliphatic rings. The lowest BCUT2D eigenvalue weighted by molar-refractivity contribution is 0.325. The van der Waals surface area contributed by atoms with E-state index in [1.54, 1.807) is 4.57 Å². The van der Waals surface area contributed by atoms with Gasteiger partial charge in [-0.3, -0.25) is 4.57 Å². The number of nitrogens with one attached hydrogen (secondary N) is 1. The monoisotopic (exact) mass is 299 g/mol. The van der Waals surface area contributed by atoms with Gasteiger partial charge in [0.05, 0.1) is 10.2 Å². The number of piperidine rings is 1. The molecule has 1 fully saturated rings. The second-order valence-electron chi connectivity index (χ2n) is 4.68. The predicted molar refractivity (Wildman–Crippen MR) is 71.3 cm³/mol. The summed E-state index contributed by atoms with van der Waals surface area (Å²) in [5.41, 5.74) is 1.64. The smallest absolute Gasteiger partial charge is 0.317 e. The number of rotatable bonds is 2. The molecule has 0 radical (unpaired) electrons. The van der Waals surface area contributed by atoms with Crippen LogP contribution in [0.15, 0.2) is 9.27 Å². The molecule has 17 heavy (non-hydrogen) atoms. The van der Waals surface area contributed by atoms with E-state index in [9.17, 15) is 4.79 Å². The number of halogens is 1. The zero-order valence-corrected chi connectivity index (χ0v) is 11.9. The van der Waals surface area contributed by atoms with E-state index in [2.05, 4.69) is 26.2 Å². The number of nitrogens with zero attached hydrogens (tertiary/aromatic N) is 2. The predicted octanol–water partition coefficient (Wildman–Crippen LogP) is 1.62. The van der Waals surface area contributed by atoms with Crippen LogP contribution in [-0.2, 0) is 6.54 Å². The van der Waals surface area contributed by atoms with Gasteiger partial charge < -0.3 is 5.32 Å². The lowest BCUT2D eigenvalue weighted by Crippen LogP contribution is -2.34. The summed E-state index contributed by atoms with van der Waals surface area (Å²) in [6.07, 6.45) is 2.27. The highest BCUT2D eigenvalue weighted by atomic mass is 79.9. The van der Waals surface area contributed by atoms with Crippen molar-refractivity contribution in [3.63, 3.8) is 0 Å². The van der Waals surface area contributed by atoms with Gasteiger partial charge in [0.2, 0.25) is 0 Å². The molecule has 0 aliphatic carbocycles. The third-order valence-electron chi connectivity index (χ3n) is 3.43. The zero-order chi connectivity index (χ0) is 12.4. The number of aromatic nitrogens is 2. The molecule has 0 saturated carbocycles. The van der Waals surface area contributed by atoms with E-state index < -0.39 is 0 Å². The molecule has 1 N–H and O–H groups in total. The van der Waals surface area contributed by atoms with Crippen molar-refractivity contribution in [1.82, 2.24) is 14.9 Å². The molecule has 2 heterocycles. The minimum Gasteiger partial charge on any atom is -0.317 e. The molecule has 5 heteroatoms. The van der Waals surface area contributed by atoms with E-state index in [4.69, 9.17) is 0 Å². The fourth-order valence-corrected chi connectivity index (χ4v) is 2.62. The summed E-state index contributed by atoms with van der Waals surface area (Å²) in [7, 11) is 0. The van der Waals surface area contributed by atoms with Crippen LogP contribution in [0, 0.1) is 19.8 Å². The molecule has 0 aromatic carbocycles. The number of hydrogen-bond acceptors (Lipinski definition) is 3. The third kappa shape index (κ3) is 2.77. The highest BCUT2D eigenvalue weighted by Gasteiger charge is 2.17. The summed E-state index contributed by atoms with van der Waals surface area (Å²) >= 11 is 3.49. The Morgan fingerprint density at radius 3 is 2.71 bits per heavy atom. The van der Waals surface area contributed by atoms with Crippen LogP contribution >= 0.6 is 15.9 Å². The highest BCUT2D eigenvalue weighted by Crippen LogP contribution is 2.19. The molecule has 0 spiro atoms. The molecular weight excluding hydrogens is 282 g/mol. The van der Waals surface area contributed by atoms with Crippen molar-refractivity contribution >= 4 is 15.9 Å². The Morgan fingerprint density at radius 2 is 2.06 bits per heavy atom. The van der Waals surface area contributed by atoms with Gasteiger partial charge >= 0.3 is 5.69 Å². The fraction of sp³-hybridized carbons (Fsp3) is 0.667. The molecule has 0 unspecified atom stereocenters. The largest absolute Gasteiger partial charge is 0.348 e. The van der Waals surface area contributed by atoms with Gasteiger partial charge in [0, 0.05) is 12.2 Å². The summed E-state index contributed by atoms with van der Waals surface area (Å²) in [5, 5.41) is 3.34. The fourth-order valence-electron chi connectivity index (χ4n) is 2.31. The van der Waals surface area contributed by atoms with Crippen LogP contribution in [0.2, 0.25) is 0 Å². The summed E-state index contributed by atoms with van der Waals surface area (Å²) in [6, 6.07) is 0. The van der Waals surface area contributed by atoms with E-state index in [0.717, 1.165) is 48.3 Å². The molecule has 4 nitrogen and oxygen atoms in total. The van der Waals surface area contributed by atoms with Crippen LogP contribution in [-0.4, -0.2) is 22.6 Å². The molecule has 1 aliphatic heterocycles. The molecule has 0 bridgehead atoms. The van der Waals surface area contributed by atoms with Gasteiger partial charge in [-0.05, 0) is 61.6 Å². The lowest BCUT2D eigenvalue weighted by atomic mass is 9.98. The van der Waals surface area contributed by atoms with E-state index in [1.807, 2.05) is 13.8 Å². The van der Waals surface area contributed by atoms with Gasteiger partial charge in [-0.2, -0.15) is 4.98 Å². The van der Waals surface area contributed by atoms with Crippen LogP contribution in [0.1, 0.15) is 24.2 Å². The SMILES string of the molecule is Cc1nc(=O)n(CC2CCNCC2)c(C)c1Br. The van der Waals surface area contributed by atoms with Gasteiger partial charge in [-0.1, -0.05) is 0 Å². The molecule has 1 aromatic rings. The Kier molecular flexibility index (Phi) is 3.99. The summed E-state index contributed by atoms with van der Waals surface area (Å²) in [4.78, 5) is 15.9. The standard InChI is InChI=1S/C12H18BrN3O/c1-8-11(13)9(2)16(12(17)15-8)7-10-3-5-14-6-4-10/h10,14H,3-7H2,1-2H3. The molecule has 94 valence electrons. The first-order valence-corrected chi connectivity index (χ1v) is 6.83. The van der Waals surface area contributed by atoms with E-state index in [-0.39, 0.29) is 5.69 Å². The van der Waals surface area contributed by atoms with E-state index >= 15 is 0 Å². The van der Waals surface area contributed by atoms with Crippen LogP contribution < -0.4 is 11.0 Å². The van der Waals surface area contributed by atoms with Crippen molar-refractivity contribution in [2.75, 3.05) is 13.1 Å². The van der Waals surface area contributed by atoms with Crippen molar-refractivity contribution in [2.45, 2.75) is 33.2 Å². The second kappa shape index (κ2) is 5.31. The topological polar surface area (TPSA) is 46.9 Å². The van der Waals surface area contributed by atoms with Crippen molar-refractivity contribution in [1.29, 1.82) is 0 Å². The van der Waals surface area contributed by atoms with Gasteiger partial charge in [-0.25, -0.2) is 4.79 Å². The molecule has 0 amide bonds. The average Bonchev–Trinajstić information content (AvgIpc) is 2.33. The van der Waals surface area contributed by atoms with Crippen LogP contribution in [0.5, 0.6) is 0 Å². The quantitative estimate of drug-likeness (QED) is 0.903. The Labute approximate surface area is 110 Å². The summed E-state index contributed by atoms with van der Waals surface area (Å²) in [5.74, 6) is 0.587. The normalized spacial score (nSPS) is 17.4.